The molecule has 0 saturated carbocycles. The molecule has 4 heteroatoms. The smallest absolute Gasteiger partial charge is 0.327 e. The van der Waals surface area contributed by atoms with Crippen LogP contribution in [-0.4, -0.2) is 21.3 Å². The number of aromatic amines is 1. The maximum absolute atomic E-state index is 9.25. The fraction of sp³-hybridized carbons (Fsp3) is 0.250. The summed E-state index contributed by atoms with van der Waals surface area (Å²) < 4.78 is 0. The fourth-order valence-corrected chi connectivity index (χ4v) is 0.554. The van der Waals surface area contributed by atoms with Gasteiger partial charge in [0.25, 0.3) is 0 Å². The van der Waals surface area contributed by atoms with Crippen LogP contribution in [0.2, 0.25) is 0 Å². The van der Waals surface area contributed by atoms with Gasteiger partial charge in [-0.25, -0.2) is 4.79 Å². The van der Waals surface area contributed by atoms with Gasteiger partial charge in [0.1, 0.15) is 0 Å². The van der Waals surface area contributed by atoms with E-state index in [0.29, 0.717) is 0 Å². The lowest BCUT2D eigenvalue weighted by Gasteiger charge is -1.68. The monoisotopic (exact) mass is 168 g/mol. The lowest BCUT2D eigenvalue weighted by atomic mass is 10.4. The molecule has 0 spiro atoms. The fourth-order valence-electron chi connectivity index (χ4n) is 0.554. The SMILES string of the molecule is C=CC(=O)O.Cc1cc(C)[nH]n1. The average molecular weight is 168 g/mol. The molecule has 0 amide bonds. The van der Waals surface area contributed by atoms with Gasteiger partial charge in [-0.2, -0.15) is 5.10 Å². The molecule has 1 aromatic heterocycles. The van der Waals surface area contributed by atoms with Crippen LogP contribution in [0.4, 0.5) is 0 Å². The first-order valence-corrected chi connectivity index (χ1v) is 3.40. The van der Waals surface area contributed by atoms with Crippen molar-refractivity contribution in [3.63, 3.8) is 0 Å². The first-order valence-electron chi connectivity index (χ1n) is 3.40. The number of carboxylic acid groups (broad SMARTS) is 1. The Morgan fingerprint density at radius 3 is 2.33 bits per heavy atom. The highest BCUT2D eigenvalue weighted by atomic mass is 16.4. The standard InChI is InChI=1S/C5H8N2.C3H4O2/c1-4-3-5(2)7-6-4;1-2-3(4)5/h3H,1-2H3,(H,6,7);2H,1H2,(H,4,5). The number of hydrogen-bond donors (Lipinski definition) is 2. The number of carboxylic acids is 1. The van der Waals surface area contributed by atoms with Crippen LogP contribution in [0.3, 0.4) is 0 Å². The minimum atomic E-state index is -0.981. The maximum Gasteiger partial charge on any atom is 0.327 e. The van der Waals surface area contributed by atoms with Crippen molar-refractivity contribution in [1.82, 2.24) is 10.2 Å². The molecule has 1 heterocycles. The van der Waals surface area contributed by atoms with Crippen LogP contribution in [0.15, 0.2) is 18.7 Å². The van der Waals surface area contributed by atoms with E-state index in [-0.39, 0.29) is 0 Å². The molecular formula is C8H12N2O2. The highest BCUT2D eigenvalue weighted by molar-refractivity contribution is 5.78. The first kappa shape index (κ1) is 10.4. The van der Waals surface area contributed by atoms with E-state index in [1.807, 2.05) is 19.9 Å². The zero-order chi connectivity index (χ0) is 9.56. The molecule has 66 valence electrons. The Balaban J connectivity index is 0.000000217. The average Bonchev–Trinajstić information content (AvgIpc) is 2.36. The number of aliphatic carboxylic acids is 1. The lowest BCUT2D eigenvalue weighted by molar-refractivity contribution is -0.131. The van der Waals surface area contributed by atoms with E-state index in [2.05, 4.69) is 16.8 Å². The van der Waals surface area contributed by atoms with Gasteiger partial charge >= 0.3 is 5.97 Å². The van der Waals surface area contributed by atoms with E-state index in [9.17, 15) is 4.79 Å². The van der Waals surface area contributed by atoms with Gasteiger partial charge in [0.15, 0.2) is 0 Å². The van der Waals surface area contributed by atoms with Gasteiger partial charge in [-0.3, -0.25) is 5.10 Å². The molecule has 0 aliphatic heterocycles. The summed E-state index contributed by atoms with van der Waals surface area (Å²) in [4.78, 5) is 9.25. The summed E-state index contributed by atoms with van der Waals surface area (Å²) in [5.41, 5.74) is 2.18. The number of carbonyl (C=O) groups is 1. The van der Waals surface area contributed by atoms with E-state index in [1.54, 1.807) is 0 Å². The Hall–Kier alpha value is -1.58. The molecule has 1 aromatic rings. The van der Waals surface area contributed by atoms with Gasteiger partial charge in [0.05, 0.1) is 5.69 Å². The molecule has 1 rings (SSSR count). The van der Waals surface area contributed by atoms with Crippen molar-refractivity contribution in [2.24, 2.45) is 0 Å². The molecule has 0 aliphatic carbocycles. The molecule has 12 heavy (non-hydrogen) atoms. The molecule has 2 N–H and O–H groups in total. The summed E-state index contributed by atoms with van der Waals surface area (Å²) in [6, 6.07) is 2.00. The zero-order valence-electron chi connectivity index (χ0n) is 7.16. The van der Waals surface area contributed by atoms with E-state index in [4.69, 9.17) is 5.11 Å². The van der Waals surface area contributed by atoms with Gasteiger partial charge in [0, 0.05) is 11.8 Å². The minimum Gasteiger partial charge on any atom is -0.478 e. The number of aryl methyl sites for hydroxylation is 2. The molecule has 0 bridgehead atoms. The van der Waals surface area contributed by atoms with Crippen molar-refractivity contribution in [1.29, 1.82) is 0 Å². The second-order valence-corrected chi connectivity index (χ2v) is 2.23. The molecule has 0 aromatic carbocycles. The van der Waals surface area contributed by atoms with Gasteiger partial charge in [0.2, 0.25) is 0 Å². The third-order valence-electron chi connectivity index (χ3n) is 1.01. The van der Waals surface area contributed by atoms with Crippen molar-refractivity contribution in [3.8, 4) is 0 Å². The summed E-state index contributed by atoms with van der Waals surface area (Å²) in [6.45, 7) is 6.91. The van der Waals surface area contributed by atoms with Gasteiger partial charge in [-0.1, -0.05) is 6.58 Å². The maximum atomic E-state index is 9.25. The molecule has 4 nitrogen and oxygen atoms in total. The van der Waals surface area contributed by atoms with E-state index >= 15 is 0 Å². The van der Waals surface area contributed by atoms with Crippen molar-refractivity contribution < 1.29 is 9.90 Å². The molecule has 0 fully saturated rings. The Kier molecular flexibility index (Phi) is 4.45. The third-order valence-corrected chi connectivity index (χ3v) is 1.01. The van der Waals surface area contributed by atoms with Crippen molar-refractivity contribution in [3.05, 3.63) is 30.1 Å². The number of aromatic nitrogens is 2. The Morgan fingerprint density at radius 2 is 2.25 bits per heavy atom. The number of nitrogens with zero attached hydrogens (tertiary/aromatic N) is 1. The molecule has 0 radical (unpaired) electrons. The number of nitrogens with one attached hydrogen (secondary N) is 1. The summed E-state index contributed by atoms with van der Waals surface area (Å²) in [5, 5.41) is 14.3. The van der Waals surface area contributed by atoms with Crippen LogP contribution >= 0.6 is 0 Å². The molecular weight excluding hydrogens is 156 g/mol. The van der Waals surface area contributed by atoms with Gasteiger partial charge < -0.3 is 5.11 Å². The van der Waals surface area contributed by atoms with Gasteiger partial charge in [-0.15, -0.1) is 0 Å². The van der Waals surface area contributed by atoms with E-state index in [0.717, 1.165) is 17.5 Å². The minimum absolute atomic E-state index is 0.833. The summed E-state index contributed by atoms with van der Waals surface area (Å²) >= 11 is 0. The van der Waals surface area contributed by atoms with Crippen LogP contribution < -0.4 is 0 Å². The van der Waals surface area contributed by atoms with Crippen LogP contribution in [0.1, 0.15) is 11.4 Å². The molecule has 0 unspecified atom stereocenters. The first-order chi connectivity index (χ1) is 5.56. The second kappa shape index (κ2) is 5.12. The summed E-state index contributed by atoms with van der Waals surface area (Å²) in [5.74, 6) is -0.981. The van der Waals surface area contributed by atoms with Crippen LogP contribution in [0, 0.1) is 13.8 Å². The highest BCUT2D eigenvalue weighted by Crippen LogP contribution is 1.92. The van der Waals surface area contributed by atoms with Crippen LogP contribution in [0.5, 0.6) is 0 Å². The van der Waals surface area contributed by atoms with E-state index in [1.165, 1.54) is 0 Å². The number of rotatable bonds is 1. The largest absolute Gasteiger partial charge is 0.478 e. The molecule has 0 saturated heterocycles. The topological polar surface area (TPSA) is 66.0 Å². The van der Waals surface area contributed by atoms with Crippen molar-refractivity contribution in [2.75, 3.05) is 0 Å². The van der Waals surface area contributed by atoms with Gasteiger partial charge in [-0.05, 0) is 19.9 Å². The molecule has 0 aliphatic rings. The third kappa shape index (κ3) is 5.22. The quantitative estimate of drug-likeness (QED) is 0.621. The van der Waals surface area contributed by atoms with Crippen LogP contribution in [0.25, 0.3) is 0 Å². The Bertz CT molecular complexity index is 249. The summed E-state index contributed by atoms with van der Waals surface area (Å²) in [7, 11) is 0. The summed E-state index contributed by atoms with van der Waals surface area (Å²) in [6.07, 6.45) is 0.833. The predicted octanol–water partition coefficient (Wildman–Crippen LogP) is 1.28. The van der Waals surface area contributed by atoms with Crippen LogP contribution in [-0.2, 0) is 4.79 Å². The highest BCUT2D eigenvalue weighted by Gasteiger charge is 1.84. The zero-order valence-corrected chi connectivity index (χ0v) is 7.16. The normalized spacial score (nSPS) is 8.17. The number of hydrogen-bond acceptors (Lipinski definition) is 2. The predicted molar refractivity (Wildman–Crippen MR) is 45.9 cm³/mol. The lowest BCUT2D eigenvalue weighted by Crippen LogP contribution is -1.82. The van der Waals surface area contributed by atoms with E-state index < -0.39 is 5.97 Å². The second-order valence-electron chi connectivity index (χ2n) is 2.23. The number of H-pyrrole nitrogens is 1. The molecule has 0 atom stereocenters. The Labute approximate surface area is 70.9 Å². The Morgan fingerprint density at radius 1 is 1.75 bits per heavy atom. The van der Waals surface area contributed by atoms with Crippen molar-refractivity contribution in [2.45, 2.75) is 13.8 Å². The van der Waals surface area contributed by atoms with Crippen molar-refractivity contribution >= 4 is 5.97 Å².